The highest BCUT2D eigenvalue weighted by Gasteiger charge is 2.18. The number of ether oxygens (including phenoxy) is 2. The van der Waals surface area contributed by atoms with Gasteiger partial charge in [-0.3, -0.25) is 4.79 Å². The van der Waals surface area contributed by atoms with Crippen LogP contribution in [0.3, 0.4) is 0 Å². The second kappa shape index (κ2) is 7.07. The van der Waals surface area contributed by atoms with Crippen LogP contribution in [0.25, 0.3) is 0 Å². The Morgan fingerprint density at radius 2 is 1.95 bits per heavy atom. The molecule has 0 unspecified atom stereocenters. The molecule has 1 rings (SSSR count). The number of amides is 2. The molecular weight excluding hydrogens is 296 g/mol. The highest BCUT2D eigenvalue weighted by molar-refractivity contribution is 7.12. The quantitative estimate of drug-likeness (QED) is 0.829. The summed E-state index contributed by atoms with van der Waals surface area (Å²) in [5.41, 5.74) is -0.283. The first-order valence-electron chi connectivity index (χ1n) is 6.15. The lowest BCUT2D eigenvalue weighted by Gasteiger charge is -2.19. The summed E-state index contributed by atoms with van der Waals surface area (Å²) < 4.78 is 9.60. The number of anilines is 1. The molecule has 0 radical (unpaired) electrons. The number of esters is 1. The van der Waals surface area contributed by atoms with Crippen molar-refractivity contribution in [1.82, 2.24) is 5.32 Å². The van der Waals surface area contributed by atoms with Gasteiger partial charge in [0.05, 0.1) is 12.8 Å². The van der Waals surface area contributed by atoms with Crippen molar-refractivity contribution >= 4 is 35.0 Å². The van der Waals surface area contributed by atoms with E-state index in [-0.39, 0.29) is 6.54 Å². The Balaban J connectivity index is 2.50. The molecule has 0 atom stereocenters. The molecule has 1 aromatic rings. The number of carbonyl (C=O) groups is 3. The van der Waals surface area contributed by atoms with Gasteiger partial charge in [0.1, 0.15) is 17.0 Å². The normalized spacial score (nSPS) is 10.7. The van der Waals surface area contributed by atoms with Gasteiger partial charge in [0, 0.05) is 0 Å². The van der Waals surface area contributed by atoms with Crippen LogP contribution in [-0.4, -0.2) is 37.2 Å². The van der Waals surface area contributed by atoms with Gasteiger partial charge in [-0.1, -0.05) is 0 Å². The van der Waals surface area contributed by atoms with E-state index in [1.54, 1.807) is 32.2 Å². The SMILES string of the molecule is COC(=O)c1sccc1NC(=O)CNC(=O)OC(C)(C)C. The summed E-state index contributed by atoms with van der Waals surface area (Å²) >= 11 is 1.16. The van der Waals surface area contributed by atoms with Gasteiger partial charge in [-0.2, -0.15) is 0 Å². The van der Waals surface area contributed by atoms with Crippen molar-refractivity contribution in [2.24, 2.45) is 0 Å². The zero-order chi connectivity index (χ0) is 16.0. The van der Waals surface area contributed by atoms with Gasteiger partial charge >= 0.3 is 12.1 Å². The Hall–Kier alpha value is -2.09. The number of hydrogen-bond acceptors (Lipinski definition) is 6. The zero-order valence-corrected chi connectivity index (χ0v) is 13.1. The van der Waals surface area contributed by atoms with Crippen molar-refractivity contribution < 1.29 is 23.9 Å². The van der Waals surface area contributed by atoms with E-state index < -0.39 is 23.6 Å². The molecule has 2 N–H and O–H groups in total. The monoisotopic (exact) mass is 314 g/mol. The predicted octanol–water partition coefficient (Wildman–Crippen LogP) is 2.00. The number of rotatable bonds is 4. The van der Waals surface area contributed by atoms with E-state index in [2.05, 4.69) is 15.4 Å². The summed E-state index contributed by atoms with van der Waals surface area (Å²) in [7, 11) is 1.26. The van der Waals surface area contributed by atoms with Crippen molar-refractivity contribution in [3.63, 3.8) is 0 Å². The average molecular weight is 314 g/mol. The molecule has 2 amide bonds. The van der Waals surface area contributed by atoms with Crippen molar-refractivity contribution in [2.45, 2.75) is 26.4 Å². The van der Waals surface area contributed by atoms with Crippen LogP contribution in [0.5, 0.6) is 0 Å². The minimum absolute atomic E-state index is 0.259. The maximum atomic E-state index is 11.7. The molecule has 1 heterocycles. The van der Waals surface area contributed by atoms with Gasteiger partial charge in [0.2, 0.25) is 5.91 Å². The Morgan fingerprint density at radius 3 is 2.52 bits per heavy atom. The molecule has 0 saturated carbocycles. The van der Waals surface area contributed by atoms with Crippen LogP contribution in [0.2, 0.25) is 0 Å². The lowest BCUT2D eigenvalue weighted by Crippen LogP contribution is -2.37. The Morgan fingerprint density at radius 1 is 1.29 bits per heavy atom. The highest BCUT2D eigenvalue weighted by atomic mass is 32.1. The highest BCUT2D eigenvalue weighted by Crippen LogP contribution is 2.22. The third-order valence-corrected chi connectivity index (χ3v) is 3.00. The lowest BCUT2D eigenvalue weighted by molar-refractivity contribution is -0.115. The van der Waals surface area contributed by atoms with E-state index in [9.17, 15) is 14.4 Å². The molecular formula is C13H18N2O5S. The Bertz CT molecular complexity index is 533. The molecule has 0 aliphatic carbocycles. The van der Waals surface area contributed by atoms with Gasteiger partial charge in [-0.15, -0.1) is 11.3 Å². The van der Waals surface area contributed by atoms with Gasteiger partial charge in [-0.05, 0) is 32.2 Å². The number of hydrogen-bond donors (Lipinski definition) is 2. The topological polar surface area (TPSA) is 93.7 Å². The van der Waals surface area contributed by atoms with Gasteiger partial charge in [-0.25, -0.2) is 9.59 Å². The molecule has 0 aliphatic rings. The molecule has 116 valence electrons. The summed E-state index contributed by atoms with van der Waals surface area (Å²) in [6.45, 7) is 4.91. The molecule has 7 nitrogen and oxygen atoms in total. The predicted molar refractivity (Wildman–Crippen MR) is 78.5 cm³/mol. The lowest BCUT2D eigenvalue weighted by atomic mass is 10.2. The van der Waals surface area contributed by atoms with Crippen LogP contribution in [0.15, 0.2) is 11.4 Å². The Labute approximate surface area is 126 Å². The van der Waals surface area contributed by atoms with E-state index in [1.165, 1.54) is 7.11 Å². The maximum absolute atomic E-state index is 11.7. The fraction of sp³-hybridized carbons (Fsp3) is 0.462. The van der Waals surface area contributed by atoms with Gasteiger partial charge < -0.3 is 20.1 Å². The van der Waals surface area contributed by atoms with Crippen molar-refractivity contribution in [3.05, 3.63) is 16.3 Å². The van der Waals surface area contributed by atoms with Gasteiger partial charge in [0.25, 0.3) is 0 Å². The molecule has 0 bridgehead atoms. The maximum Gasteiger partial charge on any atom is 0.408 e. The second-order valence-corrected chi connectivity index (χ2v) is 5.97. The van der Waals surface area contributed by atoms with E-state index in [1.807, 2.05) is 0 Å². The third-order valence-electron chi connectivity index (χ3n) is 2.10. The van der Waals surface area contributed by atoms with E-state index in [4.69, 9.17) is 4.74 Å². The zero-order valence-electron chi connectivity index (χ0n) is 12.3. The van der Waals surface area contributed by atoms with Crippen molar-refractivity contribution in [1.29, 1.82) is 0 Å². The summed E-state index contributed by atoms with van der Waals surface area (Å²) in [5.74, 6) is -0.996. The van der Waals surface area contributed by atoms with Crippen LogP contribution in [0.1, 0.15) is 30.4 Å². The number of carbonyl (C=O) groups excluding carboxylic acids is 3. The minimum atomic E-state index is -0.684. The fourth-order valence-corrected chi connectivity index (χ4v) is 2.09. The van der Waals surface area contributed by atoms with Crippen LogP contribution in [0.4, 0.5) is 10.5 Å². The second-order valence-electron chi connectivity index (χ2n) is 5.06. The molecule has 8 heteroatoms. The molecule has 0 fully saturated rings. The van der Waals surface area contributed by atoms with Crippen molar-refractivity contribution in [3.8, 4) is 0 Å². The summed E-state index contributed by atoms with van der Waals surface area (Å²) in [6, 6.07) is 1.59. The largest absolute Gasteiger partial charge is 0.465 e. The van der Waals surface area contributed by atoms with Crippen molar-refractivity contribution in [2.75, 3.05) is 19.0 Å². The standard InChI is InChI=1S/C13H18N2O5S/c1-13(2,3)20-12(18)14-7-9(16)15-8-5-6-21-10(8)11(17)19-4/h5-6H,7H2,1-4H3,(H,14,18)(H,15,16). The molecule has 0 aliphatic heterocycles. The first kappa shape index (κ1) is 17.0. The molecule has 0 aromatic carbocycles. The summed E-state index contributed by atoms with van der Waals surface area (Å²) in [5, 5.41) is 6.51. The smallest absolute Gasteiger partial charge is 0.408 e. The number of methoxy groups -OCH3 is 1. The molecule has 1 aromatic heterocycles. The van der Waals surface area contributed by atoms with Crippen LogP contribution < -0.4 is 10.6 Å². The van der Waals surface area contributed by atoms with E-state index >= 15 is 0 Å². The number of thiophene rings is 1. The van der Waals surface area contributed by atoms with E-state index in [0.717, 1.165) is 11.3 Å². The molecule has 0 saturated heterocycles. The first-order valence-corrected chi connectivity index (χ1v) is 7.03. The average Bonchev–Trinajstić information content (AvgIpc) is 2.81. The van der Waals surface area contributed by atoms with E-state index in [0.29, 0.717) is 10.6 Å². The molecule has 0 spiro atoms. The third kappa shape index (κ3) is 5.82. The summed E-state index contributed by atoms with van der Waals surface area (Å²) in [4.78, 5) is 34.9. The first-order chi connectivity index (χ1) is 9.73. The summed E-state index contributed by atoms with van der Waals surface area (Å²) in [6.07, 6.45) is -0.684. The number of alkyl carbamates (subject to hydrolysis) is 1. The van der Waals surface area contributed by atoms with Crippen LogP contribution in [0, 0.1) is 0 Å². The van der Waals surface area contributed by atoms with Crippen LogP contribution in [-0.2, 0) is 14.3 Å². The number of nitrogens with one attached hydrogen (secondary N) is 2. The molecule has 21 heavy (non-hydrogen) atoms. The Kier molecular flexibility index (Phi) is 5.71. The minimum Gasteiger partial charge on any atom is -0.465 e. The fourth-order valence-electron chi connectivity index (χ4n) is 1.32. The van der Waals surface area contributed by atoms with Gasteiger partial charge in [0.15, 0.2) is 0 Å². The van der Waals surface area contributed by atoms with Crippen LogP contribution >= 0.6 is 11.3 Å².